The molecule has 80 valence electrons. The van der Waals surface area contributed by atoms with E-state index in [1.54, 1.807) is 6.07 Å². The Hall–Kier alpha value is -0.700. The molecular formula is C11H12Cl2N2. The van der Waals surface area contributed by atoms with Crippen molar-refractivity contribution in [1.82, 2.24) is 4.57 Å². The molecule has 1 aromatic carbocycles. The summed E-state index contributed by atoms with van der Waals surface area (Å²) < 4.78 is 2.01. The first-order valence-corrected chi connectivity index (χ1v) is 5.52. The molecule has 0 saturated heterocycles. The Kier molecular flexibility index (Phi) is 2.91. The first-order valence-electron chi connectivity index (χ1n) is 4.76. The first-order chi connectivity index (χ1) is 7.13. The van der Waals surface area contributed by atoms with E-state index in [0.29, 0.717) is 16.6 Å². The van der Waals surface area contributed by atoms with Crippen LogP contribution in [0.4, 0.5) is 0 Å². The van der Waals surface area contributed by atoms with Gasteiger partial charge >= 0.3 is 0 Å². The number of nitrogens with zero attached hydrogens (tertiary/aromatic N) is 1. The molecule has 2 aromatic rings. The highest BCUT2D eigenvalue weighted by Crippen LogP contribution is 2.31. The smallest absolute Gasteiger partial charge is 0.0670 e. The lowest BCUT2D eigenvalue weighted by Gasteiger charge is -2.00. The van der Waals surface area contributed by atoms with E-state index in [1.807, 2.05) is 17.7 Å². The van der Waals surface area contributed by atoms with Crippen molar-refractivity contribution in [1.29, 1.82) is 0 Å². The number of rotatable bonds is 2. The molecule has 2 N–H and O–H groups in total. The van der Waals surface area contributed by atoms with Crippen molar-refractivity contribution in [2.45, 2.75) is 6.42 Å². The second kappa shape index (κ2) is 4.05. The molecule has 0 aliphatic carbocycles. The van der Waals surface area contributed by atoms with Crippen molar-refractivity contribution in [3.8, 4) is 0 Å². The van der Waals surface area contributed by atoms with Gasteiger partial charge in [0.15, 0.2) is 0 Å². The Bertz CT molecular complexity index is 503. The van der Waals surface area contributed by atoms with Crippen LogP contribution in [0.3, 0.4) is 0 Å². The van der Waals surface area contributed by atoms with Gasteiger partial charge in [0, 0.05) is 23.7 Å². The molecule has 0 radical (unpaired) electrons. The van der Waals surface area contributed by atoms with E-state index in [1.165, 1.54) is 5.56 Å². The normalized spacial score (nSPS) is 11.2. The Morgan fingerprint density at radius 3 is 2.73 bits per heavy atom. The molecule has 0 unspecified atom stereocenters. The average Bonchev–Trinajstić information content (AvgIpc) is 2.43. The van der Waals surface area contributed by atoms with E-state index in [4.69, 9.17) is 28.9 Å². The fourth-order valence-electron chi connectivity index (χ4n) is 1.89. The highest BCUT2D eigenvalue weighted by Gasteiger charge is 2.10. The van der Waals surface area contributed by atoms with Crippen LogP contribution in [0.2, 0.25) is 10.0 Å². The molecule has 0 spiro atoms. The van der Waals surface area contributed by atoms with Crippen LogP contribution in [-0.2, 0) is 13.5 Å². The van der Waals surface area contributed by atoms with Crippen LogP contribution in [-0.4, -0.2) is 11.1 Å². The summed E-state index contributed by atoms with van der Waals surface area (Å²) >= 11 is 12.1. The van der Waals surface area contributed by atoms with Gasteiger partial charge in [0.1, 0.15) is 0 Å². The standard InChI is InChI=1S/C11H12Cl2N2/c1-15-6-7(2-3-14)9-4-8(12)5-10(13)11(9)15/h4-6H,2-3,14H2,1H3. The number of nitrogens with two attached hydrogens (primary N) is 1. The monoisotopic (exact) mass is 242 g/mol. The summed E-state index contributed by atoms with van der Waals surface area (Å²) in [6, 6.07) is 3.70. The molecule has 0 saturated carbocycles. The lowest BCUT2D eigenvalue weighted by Crippen LogP contribution is -2.01. The summed E-state index contributed by atoms with van der Waals surface area (Å²) in [5.74, 6) is 0. The van der Waals surface area contributed by atoms with Crippen LogP contribution in [0, 0.1) is 0 Å². The van der Waals surface area contributed by atoms with Crippen molar-refractivity contribution in [2.24, 2.45) is 12.8 Å². The Balaban J connectivity index is 2.75. The molecule has 0 aliphatic rings. The molecule has 0 atom stereocenters. The van der Waals surface area contributed by atoms with Gasteiger partial charge in [-0.1, -0.05) is 23.2 Å². The second-order valence-corrected chi connectivity index (χ2v) is 4.43. The fourth-order valence-corrected chi connectivity index (χ4v) is 2.52. The number of benzene rings is 1. The Morgan fingerprint density at radius 1 is 1.33 bits per heavy atom. The van der Waals surface area contributed by atoms with Crippen LogP contribution in [0.5, 0.6) is 0 Å². The number of aromatic nitrogens is 1. The summed E-state index contributed by atoms with van der Waals surface area (Å²) in [7, 11) is 1.97. The molecule has 1 heterocycles. The molecule has 4 heteroatoms. The van der Waals surface area contributed by atoms with Crippen LogP contribution < -0.4 is 5.73 Å². The number of fused-ring (bicyclic) bond motifs is 1. The lowest BCUT2D eigenvalue weighted by molar-refractivity contribution is 0.929. The maximum absolute atomic E-state index is 6.14. The minimum absolute atomic E-state index is 0.628. The summed E-state index contributed by atoms with van der Waals surface area (Å²) in [6.45, 7) is 0.628. The van der Waals surface area contributed by atoms with Gasteiger partial charge in [-0.15, -0.1) is 0 Å². The van der Waals surface area contributed by atoms with Gasteiger partial charge in [0.25, 0.3) is 0 Å². The zero-order valence-corrected chi connectivity index (χ0v) is 9.94. The molecular weight excluding hydrogens is 231 g/mol. The maximum Gasteiger partial charge on any atom is 0.0670 e. The largest absolute Gasteiger partial charge is 0.349 e. The van der Waals surface area contributed by atoms with E-state index in [0.717, 1.165) is 17.3 Å². The molecule has 2 nitrogen and oxygen atoms in total. The molecule has 0 aliphatic heterocycles. The van der Waals surface area contributed by atoms with E-state index in [2.05, 4.69) is 6.20 Å². The Labute approximate surface area is 98.6 Å². The van der Waals surface area contributed by atoms with Gasteiger partial charge in [-0.05, 0) is 30.7 Å². The van der Waals surface area contributed by atoms with Crippen LogP contribution in [0.25, 0.3) is 10.9 Å². The summed E-state index contributed by atoms with van der Waals surface area (Å²) in [6.07, 6.45) is 2.90. The van der Waals surface area contributed by atoms with E-state index in [9.17, 15) is 0 Å². The number of hydrogen-bond acceptors (Lipinski definition) is 1. The van der Waals surface area contributed by atoms with Gasteiger partial charge in [0.2, 0.25) is 0 Å². The SMILES string of the molecule is Cn1cc(CCN)c2cc(Cl)cc(Cl)c21. The summed E-state index contributed by atoms with van der Waals surface area (Å²) in [5, 5.41) is 2.45. The van der Waals surface area contributed by atoms with Crippen LogP contribution in [0.15, 0.2) is 18.3 Å². The lowest BCUT2D eigenvalue weighted by atomic mass is 10.1. The van der Waals surface area contributed by atoms with Gasteiger partial charge in [0.05, 0.1) is 10.5 Å². The molecule has 15 heavy (non-hydrogen) atoms. The zero-order chi connectivity index (χ0) is 11.0. The minimum Gasteiger partial charge on any atom is -0.349 e. The quantitative estimate of drug-likeness (QED) is 0.863. The predicted molar refractivity (Wildman–Crippen MR) is 65.7 cm³/mol. The first kappa shape index (κ1) is 10.8. The van der Waals surface area contributed by atoms with Crippen molar-refractivity contribution >= 4 is 34.1 Å². The third kappa shape index (κ3) is 1.85. The summed E-state index contributed by atoms with van der Waals surface area (Å²) in [4.78, 5) is 0. The highest BCUT2D eigenvalue weighted by atomic mass is 35.5. The molecule has 0 fully saturated rings. The van der Waals surface area contributed by atoms with E-state index < -0.39 is 0 Å². The highest BCUT2D eigenvalue weighted by molar-refractivity contribution is 6.38. The Morgan fingerprint density at radius 2 is 2.07 bits per heavy atom. The fraction of sp³-hybridized carbons (Fsp3) is 0.273. The maximum atomic E-state index is 6.14. The van der Waals surface area contributed by atoms with Crippen molar-refractivity contribution in [3.63, 3.8) is 0 Å². The molecule has 0 amide bonds. The molecule has 2 rings (SSSR count). The predicted octanol–water partition coefficient (Wildman–Crippen LogP) is 2.99. The average molecular weight is 243 g/mol. The van der Waals surface area contributed by atoms with Gasteiger partial charge in [-0.25, -0.2) is 0 Å². The number of hydrogen-bond donors (Lipinski definition) is 1. The summed E-state index contributed by atoms with van der Waals surface area (Å²) in [5.41, 5.74) is 7.77. The zero-order valence-electron chi connectivity index (χ0n) is 8.43. The van der Waals surface area contributed by atoms with Crippen molar-refractivity contribution in [3.05, 3.63) is 33.9 Å². The van der Waals surface area contributed by atoms with Crippen LogP contribution in [0.1, 0.15) is 5.56 Å². The number of aryl methyl sites for hydroxylation is 1. The molecule has 0 bridgehead atoms. The van der Waals surface area contributed by atoms with E-state index >= 15 is 0 Å². The third-order valence-electron chi connectivity index (χ3n) is 2.49. The van der Waals surface area contributed by atoms with Gasteiger partial charge in [-0.2, -0.15) is 0 Å². The molecule has 1 aromatic heterocycles. The van der Waals surface area contributed by atoms with Crippen molar-refractivity contribution < 1.29 is 0 Å². The topological polar surface area (TPSA) is 30.9 Å². The number of halogens is 2. The second-order valence-electron chi connectivity index (χ2n) is 3.59. The van der Waals surface area contributed by atoms with E-state index in [-0.39, 0.29) is 0 Å². The van der Waals surface area contributed by atoms with Crippen LogP contribution >= 0.6 is 23.2 Å². The van der Waals surface area contributed by atoms with Gasteiger partial charge in [-0.3, -0.25) is 0 Å². The third-order valence-corrected chi connectivity index (χ3v) is 3.00. The van der Waals surface area contributed by atoms with Crippen molar-refractivity contribution in [2.75, 3.05) is 6.54 Å². The minimum atomic E-state index is 0.628. The van der Waals surface area contributed by atoms with Gasteiger partial charge < -0.3 is 10.3 Å².